The van der Waals surface area contributed by atoms with Crippen LogP contribution in [0.3, 0.4) is 0 Å². The van der Waals surface area contributed by atoms with Crippen molar-refractivity contribution in [2.45, 2.75) is 23.3 Å². The van der Waals surface area contributed by atoms with E-state index in [1.54, 1.807) is 0 Å². The molecule has 1 N–H and O–H groups in total. The molecule has 1 aromatic carbocycles. The fourth-order valence-electron chi connectivity index (χ4n) is 2.24. The Morgan fingerprint density at radius 2 is 2.05 bits per heavy atom. The number of piperidine rings is 1. The van der Waals surface area contributed by atoms with Crippen LogP contribution in [0.15, 0.2) is 27.6 Å². The monoisotopic (exact) mass is 375 g/mol. The number of nitriles is 1. The Morgan fingerprint density at radius 1 is 1.43 bits per heavy atom. The third kappa shape index (κ3) is 3.61. The van der Waals surface area contributed by atoms with Crippen molar-refractivity contribution in [1.82, 2.24) is 9.62 Å². The number of hydrogen-bond donors (Lipinski definition) is 1. The van der Waals surface area contributed by atoms with Crippen LogP contribution in [0.2, 0.25) is 0 Å². The highest BCUT2D eigenvalue weighted by Crippen LogP contribution is 2.25. The number of hydrogen-bond acceptors (Lipinski definition) is 4. The minimum atomic E-state index is -4.08. The molecule has 1 aliphatic heterocycles. The Labute approximate surface area is 131 Å². The maximum Gasteiger partial charge on any atom is 0.244 e. The Kier molecular flexibility index (Phi) is 4.68. The summed E-state index contributed by atoms with van der Waals surface area (Å²) in [6.45, 7) is 1.22. The van der Waals surface area contributed by atoms with Gasteiger partial charge in [-0.2, -0.15) is 9.98 Å². The van der Waals surface area contributed by atoms with Gasteiger partial charge in [0.2, 0.25) is 10.0 Å². The lowest BCUT2D eigenvalue weighted by molar-refractivity contribution is 0.213. The van der Waals surface area contributed by atoms with Gasteiger partial charge in [0.15, 0.2) is 0 Å². The molecule has 5 nitrogen and oxygen atoms in total. The van der Waals surface area contributed by atoms with Gasteiger partial charge >= 0.3 is 0 Å². The van der Waals surface area contributed by atoms with Crippen LogP contribution in [0.1, 0.15) is 12.8 Å². The summed E-state index contributed by atoms with van der Waals surface area (Å²) in [4.78, 5) is 1.57. The van der Waals surface area contributed by atoms with Gasteiger partial charge in [-0.25, -0.2) is 12.8 Å². The second kappa shape index (κ2) is 6.01. The quantitative estimate of drug-likeness (QED) is 0.874. The molecule has 0 atom stereocenters. The first-order valence-corrected chi connectivity index (χ1v) is 8.64. The average molecular weight is 376 g/mol. The fourth-order valence-corrected chi connectivity index (χ4v) is 4.01. The van der Waals surface area contributed by atoms with Gasteiger partial charge in [-0.05, 0) is 38.1 Å². The van der Waals surface area contributed by atoms with Gasteiger partial charge in [0.05, 0.1) is 6.07 Å². The van der Waals surface area contributed by atoms with Crippen LogP contribution in [-0.2, 0) is 10.0 Å². The molecular formula is C13H15BrFN3O2S. The van der Waals surface area contributed by atoms with E-state index in [0.717, 1.165) is 6.07 Å². The minimum absolute atomic E-state index is 0.372. The average Bonchev–Trinajstić information content (AvgIpc) is 2.41. The molecular weight excluding hydrogens is 361 g/mol. The minimum Gasteiger partial charge on any atom is -0.306 e. The third-order valence-corrected chi connectivity index (χ3v) is 5.63. The second-order valence-corrected chi connectivity index (χ2v) is 7.74. The molecule has 8 heteroatoms. The van der Waals surface area contributed by atoms with Crippen molar-refractivity contribution in [3.63, 3.8) is 0 Å². The van der Waals surface area contributed by atoms with Crippen LogP contribution >= 0.6 is 15.9 Å². The van der Waals surface area contributed by atoms with E-state index in [0.29, 0.717) is 30.4 Å². The first-order valence-electron chi connectivity index (χ1n) is 6.37. The largest absolute Gasteiger partial charge is 0.306 e. The van der Waals surface area contributed by atoms with Crippen LogP contribution < -0.4 is 4.72 Å². The van der Waals surface area contributed by atoms with E-state index in [1.165, 1.54) is 12.1 Å². The maximum absolute atomic E-state index is 13.9. The lowest BCUT2D eigenvalue weighted by Crippen LogP contribution is -2.53. The number of likely N-dealkylation sites (tertiary alicyclic amines) is 1. The fraction of sp³-hybridized carbons (Fsp3) is 0.462. The predicted octanol–water partition coefficient (Wildman–Crippen LogP) is 1.85. The molecule has 0 aromatic heterocycles. The smallest absolute Gasteiger partial charge is 0.244 e. The summed E-state index contributed by atoms with van der Waals surface area (Å²) < 4.78 is 41.4. The molecule has 0 saturated carbocycles. The summed E-state index contributed by atoms with van der Waals surface area (Å²) in [6, 6.07) is 5.76. The standard InChI is InChI=1S/C13H15BrFN3O2S/c1-18-6-4-13(9-16,5-7-18)17-21(19,20)12-3-2-10(14)8-11(12)15/h2-3,8,17H,4-7H2,1H3. The second-order valence-electron chi connectivity index (χ2n) is 5.18. The number of sulfonamides is 1. The van der Waals surface area contributed by atoms with Crippen LogP contribution in [-0.4, -0.2) is 39.0 Å². The van der Waals surface area contributed by atoms with Crippen molar-refractivity contribution in [2.75, 3.05) is 20.1 Å². The van der Waals surface area contributed by atoms with Gasteiger partial charge < -0.3 is 4.90 Å². The van der Waals surface area contributed by atoms with Crippen LogP contribution in [0.4, 0.5) is 4.39 Å². The van der Waals surface area contributed by atoms with Gasteiger partial charge in [0, 0.05) is 17.6 Å². The summed E-state index contributed by atoms with van der Waals surface area (Å²) in [5.41, 5.74) is -1.18. The van der Waals surface area contributed by atoms with Crippen molar-refractivity contribution in [1.29, 1.82) is 5.26 Å². The molecule has 1 fully saturated rings. The van der Waals surface area contributed by atoms with E-state index in [9.17, 15) is 18.1 Å². The number of nitrogens with zero attached hydrogens (tertiary/aromatic N) is 2. The van der Waals surface area contributed by atoms with Gasteiger partial charge in [-0.3, -0.25) is 0 Å². The normalized spacial score (nSPS) is 19.1. The Bertz CT molecular complexity index is 679. The molecule has 0 aliphatic carbocycles. The molecule has 114 valence electrons. The van der Waals surface area contributed by atoms with Crippen LogP contribution in [0.5, 0.6) is 0 Å². The van der Waals surface area contributed by atoms with Crippen molar-refractivity contribution in [3.8, 4) is 6.07 Å². The van der Waals surface area contributed by atoms with E-state index in [2.05, 4.69) is 20.7 Å². The highest BCUT2D eigenvalue weighted by molar-refractivity contribution is 9.10. The Balaban J connectivity index is 2.30. The van der Waals surface area contributed by atoms with Crippen LogP contribution in [0, 0.1) is 17.1 Å². The van der Waals surface area contributed by atoms with E-state index in [4.69, 9.17) is 0 Å². The van der Waals surface area contributed by atoms with Crippen LogP contribution in [0.25, 0.3) is 0 Å². The Morgan fingerprint density at radius 3 is 2.57 bits per heavy atom. The first-order chi connectivity index (χ1) is 9.78. The lowest BCUT2D eigenvalue weighted by atomic mass is 9.91. The summed E-state index contributed by atoms with van der Waals surface area (Å²) in [5.74, 6) is -0.849. The zero-order valence-electron chi connectivity index (χ0n) is 11.4. The molecule has 1 aliphatic rings. The molecule has 0 spiro atoms. The van der Waals surface area contributed by atoms with Gasteiger partial charge in [0.25, 0.3) is 0 Å². The molecule has 2 rings (SSSR count). The molecule has 1 heterocycles. The van der Waals surface area contributed by atoms with Crippen molar-refractivity contribution in [3.05, 3.63) is 28.5 Å². The molecule has 0 bridgehead atoms. The first kappa shape index (κ1) is 16.4. The van der Waals surface area contributed by atoms with E-state index in [1.807, 2.05) is 18.0 Å². The summed E-state index contributed by atoms with van der Waals surface area (Å²) in [7, 11) is -2.18. The number of nitrogens with one attached hydrogen (secondary N) is 1. The highest BCUT2D eigenvalue weighted by Gasteiger charge is 2.38. The summed E-state index contributed by atoms with van der Waals surface area (Å²) in [6.07, 6.45) is 0.745. The summed E-state index contributed by atoms with van der Waals surface area (Å²) >= 11 is 3.08. The van der Waals surface area contributed by atoms with Crippen molar-refractivity contribution < 1.29 is 12.8 Å². The number of halogens is 2. The van der Waals surface area contributed by atoms with Gasteiger partial charge in [-0.1, -0.05) is 15.9 Å². The molecule has 21 heavy (non-hydrogen) atoms. The number of rotatable bonds is 3. The molecule has 0 amide bonds. The predicted molar refractivity (Wildman–Crippen MR) is 79.5 cm³/mol. The zero-order valence-corrected chi connectivity index (χ0v) is 13.8. The van der Waals surface area contributed by atoms with Crippen molar-refractivity contribution in [2.24, 2.45) is 0 Å². The maximum atomic E-state index is 13.9. The molecule has 1 aromatic rings. The van der Waals surface area contributed by atoms with E-state index >= 15 is 0 Å². The highest BCUT2D eigenvalue weighted by atomic mass is 79.9. The molecule has 1 saturated heterocycles. The van der Waals surface area contributed by atoms with Crippen molar-refractivity contribution >= 4 is 26.0 Å². The molecule has 0 radical (unpaired) electrons. The summed E-state index contributed by atoms with van der Waals surface area (Å²) in [5, 5.41) is 9.35. The van der Waals surface area contributed by atoms with Gasteiger partial charge in [0.1, 0.15) is 16.3 Å². The number of benzene rings is 1. The molecule has 0 unspecified atom stereocenters. The van der Waals surface area contributed by atoms with E-state index in [-0.39, 0.29) is 0 Å². The lowest BCUT2D eigenvalue weighted by Gasteiger charge is -2.35. The SMILES string of the molecule is CN1CCC(C#N)(NS(=O)(=O)c2ccc(Br)cc2F)CC1. The topological polar surface area (TPSA) is 73.2 Å². The zero-order chi connectivity index (χ0) is 15.7. The van der Waals surface area contributed by atoms with E-state index < -0.39 is 26.3 Å². The van der Waals surface area contributed by atoms with Gasteiger partial charge in [-0.15, -0.1) is 0 Å². The third-order valence-electron chi connectivity index (χ3n) is 3.57. The Hall–Kier alpha value is -1.01.